The van der Waals surface area contributed by atoms with Gasteiger partial charge in [-0.1, -0.05) is 0 Å². The molecule has 0 unspecified atom stereocenters. The summed E-state index contributed by atoms with van der Waals surface area (Å²) >= 11 is 0. The lowest BCUT2D eigenvalue weighted by molar-refractivity contribution is -0.121. The van der Waals surface area contributed by atoms with Crippen molar-refractivity contribution in [2.24, 2.45) is 0 Å². The zero-order valence-electron chi connectivity index (χ0n) is 18.2. The van der Waals surface area contributed by atoms with Gasteiger partial charge >= 0.3 is 6.09 Å². The summed E-state index contributed by atoms with van der Waals surface area (Å²) in [4.78, 5) is 39.7. The number of amides is 3. The normalized spacial score (nSPS) is 14.8. The van der Waals surface area contributed by atoms with Gasteiger partial charge in [0.15, 0.2) is 0 Å². The van der Waals surface area contributed by atoms with E-state index in [2.05, 4.69) is 15.5 Å². The summed E-state index contributed by atoms with van der Waals surface area (Å²) in [5, 5.41) is 5.21. The van der Waals surface area contributed by atoms with E-state index < -0.39 is 23.1 Å². The zero-order valence-corrected chi connectivity index (χ0v) is 18.2. The van der Waals surface area contributed by atoms with E-state index in [-0.39, 0.29) is 30.5 Å². The van der Waals surface area contributed by atoms with Crippen LogP contribution in [0.4, 0.5) is 13.6 Å². The minimum Gasteiger partial charge on any atom is -0.444 e. The molecule has 0 bridgehead atoms. The van der Waals surface area contributed by atoms with E-state index in [1.807, 2.05) is 20.8 Å². The van der Waals surface area contributed by atoms with Crippen LogP contribution < -0.4 is 10.6 Å². The fraction of sp³-hybridized carbons (Fsp3) is 0.571. The first kappa shape index (κ1) is 24.5. The lowest BCUT2D eigenvalue weighted by Crippen LogP contribution is -2.51. The van der Waals surface area contributed by atoms with E-state index in [0.29, 0.717) is 45.3 Å². The van der Waals surface area contributed by atoms with Gasteiger partial charge in [-0.3, -0.25) is 14.5 Å². The van der Waals surface area contributed by atoms with E-state index in [1.165, 1.54) is 0 Å². The largest absolute Gasteiger partial charge is 0.444 e. The Morgan fingerprint density at radius 1 is 1.03 bits per heavy atom. The third-order valence-corrected chi connectivity index (χ3v) is 4.59. The Labute approximate surface area is 180 Å². The number of hydrogen-bond acceptors (Lipinski definition) is 5. The molecule has 172 valence electrons. The lowest BCUT2D eigenvalue weighted by Gasteiger charge is -2.35. The van der Waals surface area contributed by atoms with Gasteiger partial charge in [0, 0.05) is 58.3 Å². The molecular formula is C21H30F2N4O4. The van der Waals surface area contributed by atoms with Crippen molar-refractivity contribution in [3.63, 3.8) is 0 Å². The number of hydrogen-bond donors (Lipinski definition) is 2. The van der Waals surface area contributed by atoms with Crippen LogP contribution in [0.3, 0.4) is 0 Å². The molecule has 3 amide bonds. The molecule has 2 rings (SSSR count). The molecule has 0 aromatic heterocycles. The van der Waals surface area contributed by atoms with Crippen LogP contribution in [0, 0.1) is 11.6 Å². The van der Waals surface area contributed by atoms with Crippen LogP contribution in [-0.4, -0.2) is 79.1 Å². The molecule has 1 aliphatic heterocycles. The Morgan fingerprint density at radius 2 is 1.71 bits per heavy atom. The molecule has 1 heterocycles. The number of rotatable bonds is 7. The summed E-state index contributed by atoms with van der Waals surface area (Å²) in [6, 6.07) is 2.69. The van der Waals surface area contributed by atoms with Crippen molar-refractivity contribution in [1.82, 2.24) is 20.4 Å². The monoisotopic (exact) mass is 440 g/mol. The fourth-order valence-corrected chi connectivity index (χ4v) is 2.98. The van der Waals surface area contributed by atoms with E-state index in [1.54, 1.807) is 4.90 Å². The molecule has 0 aliphatic carbocycles. The van der Waals surface area contributed by atoms with Gasteiger partial charge < -0.3 is 20.3 Å². The second kappa shape index (κ2) is 11.0. The maximum atomic E-state index is 13.6. The van der Waals surface area contributed by atoms with Crippen molar-refractivity contribution in [2.75, 3.05) is 45.8 Å². The third-order valence-electron chi connectivity index (χ3n) is 4.59. The maximum Gasteiger partial charge on any atom is 0.410 e. The molecule has 1 aliphatic rings. The summed E-state index contributed by atoms with van der Waals surface area (Å²) in [6.45, 7) is 9.11. The Morgan fingerprint density at radius 3 is 2.32 bits per heavy atom. The van der Waals surface area contributed by atoms with Crippen LogP contribution in [0.5, 0.6) is 0 Å². The number of ether oxygens (including phenoxy) is 1. The molecule has 1 saturated heterocycles. The van der Waals surface area contributed by atoms with Crippen molar-refractivity contribution >= 4 is 17.9 Å². The minimum absolute atomic E-state index is 0.0377. The number of nitrogens with one attached hydrogen (secondary N) is 2. The molecule has 0 spiro atoms. The topological polar surface area (TPSA) is 91.0 Å². The van der Waals surface area contributed by atoms with Crippen LogP contribution >= 0.6 is 0 Å². The fourth-order valence-electron chi connectivity index (χ4n) is 2.98. The average Bonchev–Trinajstić information content (AvgIpc) is 2.67. The van der Waals surface area contributed by atoms with Crippen LogP contribution in [0.15, 0.2) is 18.2 Å². The van der Waals surface area contributed by atoms with Gasteiger partial charge in [-0.25, -0.2) is 13.6 Å². The maximum absolute atomic E-state index is 13.6. The van der Waals surface area contributed by atoms with Crippen molar-refractivity contribution in [2.45, 2.75) is 32.8 Å². The summed E-state index contributed by atoms with van der Waals surface area (Å²) in [6.07, 6.45) is -0.274. The number of nitrogens with zero attached hydrogens (tertiary/aromatic N) is 2. The van der Waals surface area contributed by atoms with Gasteiger partial charge in [-0.15, -0.1) is 0 Å². The minimum atomic E-state index is -0.950. The molecule has 0 atom stereocenters. The quantitative estimate of drug-likeness (QED) is 0.674. The van der Waals surface area contributed by atoms with Gasteiger partial charge in [0.2, 0.25) is 5.91 Å². The van der Waals surface area contributed by atoms with E-state index in [0.717, 1.165) is 12.1 Å². The standard InChI is InChI=1S/C21H30F2N4O4/c1-21(2,3)31-20(30)27-12-10-26(11-13-27)9-8-24-18(28)6-7-25-19(29)16-5-4-15(22)14-17(16)23/h4-5,14H,6-13H2,1-3H3,(H,24,28)(H,25,29). The number of halogens is 2. The van der Waals surface area contributed by atoms with Gasteiger partial charge in [-0.05, 0) is 32.9 Å². The lowest BCUT2D eigenvalue weighted by atomic mass is 10.2. The Balaban J connectivity index is 1.59. The average molecular weight is 440 g/mol. The molecule has 0 saturated carbocycles. The molecule has 1 fully saturated rings. The predicted molar refractivity (Wildman–Crippen MR) is 111 cm³/mol. The molecule has 10 heteroatoms. The first-order valence-electron chi connectivity index (χ1n) is 10.3. The zero-order chi connectivity index (χ0) is 23.0. The first-order chi connectivity index (χ1) is 14.5. The Bertz CT molecular complexity index is 790. The number of piperazine rings is 1. The third kappa shape index (κ3) is 8.49. The van der Waals surface area contributed by atoms with Gasteiger partial charge in [0.05, 0.1) is 5.56 Å². The first-order valence-corrected chi connectivity index (χ1v) is 10.3. The summed E-state index contributed by atoms with van der Waals surface area (Å²) < 4.78 is 31.8. The second-order valence-corrected chi connectivity index (χ2v) is 8.29. The molecule has 2 N–H and O–H groups in total. The molecule has 1 aromatic rings. The highest BCUT2D eigenvalue weighted by Gasteiger charge is 2.25. The molecular weight excluding hydrogens is 410 g/mol. The van der Waals surface area contributed by atoms with Gasteiger partial charge in [-0.2, -0.15) is 0 Å². The number of carbonyl (C=O) groups excluding carboxylic acids is 3. The summed E-state index contributed by atoms with van der Waals surface area (Å²) in [7, 11) is 0. The number of carbonyl (C=O) groups is 3. The van der Waals surface area contributed by atoms with E-state index in [9.17, 15) is 23.2 Å². The highest BCUT2D eigenvalue weighted by atomic mass is 19.1. The summed E-state index contributed by atoms with van der Waals surface area (Å²) in [5.41, 5.74) is -0.794. The van der Waals surface area contributed by atoms with Crippen molar-refractivity contribution in [3.05, 3.63) is 35.4 Å². The second-order valence-electron chi connectivity index (χ2n) is 8.29. The summed E-state index contributed by atoms with van der Waals surface area (Å²) in [5.74, 6) is -2.66. The van der Waals surface area contributed by atoms with Crippen molar-refractivity contribution in [1.29, 1.82) is 0 Å². The van der Waals surface area contributed by atoms with Crippen LogP contribution in [0.25, 0.3) is 0 Å². The van der Waals surface area contributed by atoms with Crippen LogP contribution in [0.1, 0.15) is 37.6 Å². The predicted octanol–water partition coefficient (Wildman–Crippen LogP) is 1.75. The van der Waals surface area contributed by atoms with Crippen molar-refractivity contribution in [3.8, 4) is 0 Å². The SMILES string of the molecule is CC(C)(C)OC(=O)N1CCN(CCNC(=O)CCNC(=O)c2ccc(F)cc2F)CC1. The van der Waals surface area contributed by atoms with Crippen LogP contribution in [0.2, 0.25) is 0 Å². The van der Waals surface area contributed by atoms with Crippen LogP contribution in [-0.2, 0) is 9.53 Å². The smallest absolute Gasteiger partial charge is 0.410 e. The highest BCUT2D eigenvalue weighted by molar-refractivity contribution is 5.94. The molecule has 8 nitrogen and oxygen atoms in total. The molecule has 0 radical (unpaired) electrons. The molecule has 1 aromatic carbocycles. The number of benzene rings is 1. The Hall–Kier alpha value is -2.75. The van der Waals surface area contributed by atoms with E-state index in [4.69, 9.17) is 4.74 Å². The molecule has 31 heavy (non-hydrogen) atoms. The van der Waals surface area contributed by atoms with Crippen molar-refractivity contribution < 1.29 is 27.9 Å². The van der Waals surface area contributed by atoms with Gasteiger partial charge in [0.25, 0.3) is 5.91 Å². The van der Waals surface area contributed by atoms with Gasteiger partial charge in [0.1, 0.15) is 17.2 Å². The Kier molecular flexibility index (Phi) is 8.73. The van der Waals surface area contributed by atoms with E-state index >= 15 is 0 Å². The highest BCUT2D eigenvalue weighted by Crippen LogP contribution is 2.12.